The molecule has 1 unspecified atom stereocenters. The highest BCUT2D eigenvalue weighted by molar-refractivity contribution is 6.00. The van der Waals surface area contributed by atoms with Crippen LogP contribution in [-0.2, 0) is 11.2 Å². The van der Waals surface area contributed by atoms with Crippen LogP contribution in [0.25, 0.3) is 28.5 Å². The van der Waals surface area contributed by atoms with Crippen LogP contribution in [0.3, 0.4) is 0 Å². The predicted octanol–water partition coefficient (Wildman–Crippen LogP) is 2.81. The molecule has 2 N–H and O–H groups in total. The average molecular weight is 315 g/mol. The lowest BCUT2D eigenvalue weighted by molar-refractivity contribution is -0.120. The van der Waals surface area contributed by atoms with Crippen LogP contribution in [-0.4, -0.2) is 5.91 Å². The second-order valence-corrected chi connectivity index (χ2v) is 6.59. The lowest BCUT2D eigenvalue weighted by atomic mass is 9.91. The van der Waals surface area contributed by atoms with Gasteiger partial charge in [-0.25, -0.2) is 0 Å². The Balaban J connectivity index is 1.98. The molecule has 2 aromatic rings. The van der Waals surface area contributed by atoms with Crippen molar-refractivity contribution in [1.29, 1.82) is 0 Å². The summed E-state index contributed by atoms with van der Waals surface area (Å²) in [7, 11) is 0. The molecule has 1 amide bonds. The van der Waals surface area contributed by atoms with Crippen molar-refractivity contribution in [3.8, 4) is 0 Å². The van der Waals surface area contributed by atoms with E-state index < -0.39 is 0 Å². The molecule has 0 aromatic heterocycles. The monoisotopic (exact) mass is 315 g/mol. The highest BCUT2D eigenvalue weighted by Gasteiger charge is 2.22. The van der Waals surface area contributed by atoms with E-state index in [0.717, 1.165) is 30.1 Å². The summed E-state index contributed by atoms with van der Waals surface area (Å²) in [6.07, 6.45) is 13.4. The van der Waals surface area contributed by atoms with E-state index in [1.807, 2.05) is 0 Å². The van der Waals surface area contributed by atoms with Gasteiger partial charge < -0.3 is 5.73 Å². The van der Waals surface area contributed by atoms with E-state index in [1.54, 1.807) is 0 Å². The fourth-order valence-electron chi connectivity index (χ4n) is 3.99. The van der Waals surface area contributed by atoms with Crippen molar-refractivity contribution in [2.45, 2.75) is 26.2 Å². The summed E-state index contributed by atoms with van der Waals surface area (Å²) < 4.78 is 0. The lowest BCUT2D eigenvalue weighted by Crippen LogP contribution is -2.26. The molecule has 0 saturated heterocycles. The Morgan fingerprint density at radius 2 is 2.00 bits per heavy atom. The highest BCUT2D eigenvalue weighted by Crippen LogP contribution is 2.28. The zero-order chi connectivity index (χ0) is 16.7. The number of allylic oxidation sites excluding steroid dienone is 3. The molecule has 2 nitrogen and oxygen atoms in total. The lowest BCUT2D eigenvalue weighted by Gasteiger charge is -2.13. The first kappa shape index (κ1) is 14.9. The second kappa shape index (κ2) is 5.79. The van der Waals surface area contributed by atoms with Crippen LogP contribution in [0.15, 0.2) is 42.5 Å². The van der Waals surface area contributed by atoms with Gasteiger partial charge in [0.2, 0.25) is 5.91 Å². The van der Waals surface area contributed by atoms with Crippen molar-refractivity contribution in [3.05, 3.63) is 64.1 Å². The average Bonchev–Trinajstić information content (AvgIpc) is 3.03. The third kappa shape index (κ3) is 2.22. The molecule has 0 heterocycles. The van der Waals surface area contributed by atoms with E-state index >= 15 is 0 Å². The highest BCUT2D eigenvalue weighted by atomic mass is 16.1. The van der Waals surface area contributed by atoms with Crippen LogP contribution < -0.4 is 16.2 Å². The van der Waals surface area contributed by atoms with Crippen molar-refractivity contribution in [2.24, 2.45) is 11.7 Å². The van der Waals surface area contributed by atoms with E-state index in [4.69, 9.17) is 5.73 Å². The molecule has 120 valence electrons. The number of nitrogens with two attached hydrogens (primary N) is 1. The van der Waals surface area contributed by atoms with Crippen molar-refractivity contribution in [3.63, 3.8) is 0 Å². The normalized spacial score (nSPS) is 16.0. The molecule has 0 saturated carbocycles. The Kier molecular flexibility index (Phi) is 3.61. The van der Waals surface area contributed by atoms with Crippen LogP contribution in [0, 0.1) is 5.92 Å². The number of rotatable bonds is 4. The van der Waals surface area contributed by atoms with Gasteiger partial charge in [-0.3, -0.25) is 4.79 Å². The molecular formula is C22H21NO. The predicted molar refractivity (Wildman–Crippen MR) is 101 cm³/mol. The molecule has 0 bridgehead atoms. The Hall–Kier alpha value is -2.61. The summed E-state index contributed by atoms with van der Waals surface area (Å²) in [5, 5.41) is 5.04. The molecular weight excluding hydrogens is 294 g/mol. The maximum atomic E-state index is 11.9. The number of carbonyl (C=O) groups excluding carboxylic acids is 1. The SMILES string of the molecule is CCCC(C(N)=O)C1=c2ccc3c4c(ccc3c2C=C1)=CC=CC4. The number of hydrogen-bond donors (Lipinski definition) is 1. The van der Waals surface area contributed by atoms with E-state index in [0.29, 0.717) is 0 Å². The molecule has 24 heavy (non-hydrogen) atoms. The first-order valence-electron chi connectivity index (χ1n) is 8.63. The maximum Gasteiger partial charge on any atom is 0.224 e. The zero-order valence-corrected chi connectivity index (χ0v) is 13.9. The third-order valence-electron chi connectivity index (χ3n) is 5.16. The quantitative estimate of drug-likeness (QED) is 0.926. The minimum Gasteiger partial charge on any atom is -0.369 e. The van der Waals surface area contributed by atoms with Crippen molar-refractivity contribution in [1.82, 2.24) is 0 Å². The fraction of sp³-hybridized carbons (Fsp3) is 0.227. The van der Waals surface area contributed by atoms with Gasteiger partial charge in [0.15, 0.2) is 0 Å². The molecule has 4 rings (SSSR count). The number of benzene rings is 2. The van der Waals surface area contributed by atoms with Gasteiger partial charge in [0, 0.05) is 0 Å². The van der Waals surface area contributed by atoms with E-state index in [-0.39, 0.29) is 11.8 Å². The molecule has 0 fully saturated rings. The topological polar surface area (TPSA) is 43.1 Å². The summed E-state index contributed by atoms with van der Waals surface area (Å²) >= 11 is 0. The molecule has 0 radical (unpaired) electrons. The van der Waals surface area contributed by atoms with Gasteiger partial charge in [0.1, 0.15) is 0 Å². The van der Waals surface area contributed by atoms with Gasteiger partial charge in [-0.05, 0) is 50.8 Å². The van der Waals surface area contributed by atoms with Crippen LogP contribution in [0.2, 0.25) is 0 Å². The molecule has 2 aromatic carbocycles. The van der Waals surface area contributed by atoms with Gasteiger partial charge >= 0.3 is 0 Å². The summed E-state index contributed by atoms with van der Waals surface area (Å²) in [5.41, 5.74) is 9.35. The van der Waals surface area contributed by atoms with Crippen molar-refractivity contribution in [2.75, 3.05) is 0 Å². The van der Waals surface area contributed by atoms with Crippen LogP contribution in [0.5, 0.6) is 0 Å². The first-order chi connectivity index (χ1) is 11.7. The summed E-state index contributed by atoms with van der Waals surface area (Å²) in [4.78, 5) is 11.9. The van der Waals surface area contributed by atoms with Gasteiger partial charge in [-0.15, -0.1) is 0 Å². The smallest absolute Gasteiger partial charge is 0.224 e. The Morgan fingerprint density at radius 3 is 2.79 bits per heavy atom. The first-order valence-corrected chi connectivity index (χ1v) is 8.63. The molecule has 0 aliphatic heterocycles. The number of hydrogen-bond acceptors (Lipinski definition) is 1. The van der Waals surface area contributed by atoms with Gasteiger partial charge in [0.05, 0.1) is 5.92 Å². The largest absolute Gasteiger partial charge is 0.369 e. The van der Waals surface area contributed by atoms with Crippen molar-refractivity contribution >= 4 is 34.4 Å². The molecule has 1 atom stereocenters. The van der Waals surface area contributed by atoms with Crippen LogP contribution in [0.4, 0.5) is 0 Å². The summed E-state index contributed by atoms with van der Waals surface area (Å²) in [6.45, 7) is 2.09. The molecule has 2 heteroatoms. The van der Waals surface area contributed by atoms with Crippen LogP contribution in [0.1, 0.15) is 30.9 Å². The third-order valence-corrected chi connectivity index (χ3v) is 5.16. The van der Waals surface area contributed by atoms with Crippen molar-refractivity contribution < 1.29 is 4.79 Å². The Labute approximate surface area is 141 Å². The van der Waals surface area contributed by atoms with Gasteiger partial charge in [-0.2, -0.15) is 0 Å². The van der Waals surface area contributed by atoms with Gasteiger partial charge in [0.25, 0.3) is 0 Å². The summed E-state index contributed by atoms with van der Waals surface area (Å²) in [5.74, 6) is -0.423. The second-order valence-electron chi connectivity index (χ2n) is 6.59. The molecule has 0 spiro atoms. The fourth-order valence-corrected chi connectivity index (χ4v) is 3.99. The van der Waals surface area contributed by atoms with E-state index in [2.05, 4.69) is 61.6 Å². The Bertz CT molecular complexity index is 1020. The number of carbonyl (C=O) groups is 1. The standard InChI is InChI=1S/C22H21NO/c1-2-5-21(22(23)24)20-13-12-18-17-9-8-14-6-3-4-7-15(14)16(17)10-11-19(18)20/h3-4,6,8-13,21H,2,5,7H2,1H3,(H2,23,24). The zero-order valence-electron chi connectivity index (χ0n) is 13.9. The summed E-state index contributed by atoms with van der Waals surface area (Å²) in [6, 6.07) is 8.77. The Morgan fingerprint density at radius 1 is 1.17 bits per heavy atom. The molecule has 2 aliphatic rings. The minimum atomic E-state index is -0.227. The van der Waals surface area contributed by atoms with E-state index in [1.165, 1.54) is 27.1 Å². The van der Waals surface area contributed by atoms with E-state index in [9.17, 15) is 4.79 Å². The van der Waals surface area contributed by atoms with Crippen LogP contribution >= 0.6 is 0 Å². The molecule has 2 aliphatic carbocycles. The minimum absolute atomic E-state index is 0.196. The number of primary amides is 1. The number of fused-ring (bicyclic) bond motifs is 5. The maximum absolute atomic E-state index is 11.9. The number of amides is 1. The van der Waals surface area contributed by atoms with Gasteiger partial charge in [-0.1, -0.05) is 68.0 Å².